The van der Waals surface area contributed by atoms with Crippen LogP contribution in [-0.2, 0) is 6.54 Å². The van der Waals surface area contributed by atoms with Crippen LogP contribution in [0.1, 0.15) is 41.4 Å². The maximum absolute atomic E-state index is 13.1. The molecule has 0 saturated carbocycles. The van der Waals surface area contributed by atoms with E-state index in [1.807, 2.05) is 42.5 Å². The number of ether oxygens (including phenoxy) is 1. The van der Waals surface area contributed by atoms with Gasteiger partial charge >= 0.3 is 0 Å². The van der Waals surface area contributed by atoms with Crippen molar-refractivity contribution in [3.63, 3.8) is 0 Å². The minimum absolute atomic E-state index is 0.158. The summed E-state index contributed by atoms with van der Waals surface area (Å²) in [6.07, 6.45) is 1.60. The van der Waals surface area contributed by atoms with Gasteiger partial charge in [0.15, 0.2) is 0 Å². The quantitative estimate of drug-likeness (QED) is 0.460. The number of nitrogens with zero attached hydrogens (tertiary/aromatic N) is 1. The van der Waals surface area contributed by atoms with E-state index in [2.05, 4.69) is 31.3 Å². The Kier molecular flexibility index (Phi) is 5.53. The lowest BCUT2D eigenvalue weighted by atomic mass is 9.97. The van der Waals surface area contributed by atoms with Crippen molar-refractivity contribution in [3.05, 3.63) is 83.8 Å². The van der Waals surface area contributed by atoms with Crippen LogP contribution in [0.2, 0.25) is 0 Å². The van der Waals surface area contributed by atoms with Gasteiger partial charge < -0.3 is 14.5 Å². The molecule has 0 saturated heterocycles. The zero-order valence-corrected chi connectivity index (χ0v) is 17.3. The molecule has 4 aromatic rings. The second-order valence-electron chi connectivity index (χ2n) is 7.48. The number of hydrogen-bond donors (Lipinski definition) is 1. The van der Waals surface area contributed by atoms with Crippen molar-refractivity contribution in [3.8, 4) is 17.0 Å². The zero-order chi connectivity index (χ0) is 21.1. The van der Waals surface area contributed by atoms with Crippen LogP contribution in [0.5, 0.6) is 5.75 Å². The van der Waals surface area contributed by atoms with Gasteiger partial charge in [-0.15, -0.1) is 0 Å². The highest BCUT2D eigenvalue weighted by atomic mass is 16.5. The minimum Gasteiger partial charge on any atom is -0.497 e. The minimum atomic E-state index is -0.158. The molecule has 2 heterocycles. The average molecular weight is 400 g/mol. The van der Waals surface area contributed by atoms with Crippen LogP contribution < -0.4 is 10.1 Å². The Morgan fingerprint density at radius 2 is 1.90 bits per heavy atom. The molecule has 2 aromatic carbocycles. The summed E-state index contributed by atoms with van der Waals surface area (Å²) in [5.41, 5.74) is 4.22. The van der Waals surface area contributed by atoms with E-state index in [1.165, 1.54) is 5.56 Å². The molecule has 0 aliphatic heterocycles. The summed E-state index contributed by atoms with van der Waals surface area (Å²) in [7, 11) is 1.64. The second-order valence-corrected chi connectivity index (χ2v) is 7.48. The smallest absolute Gasteiger partial charge is 0.252 e. The normalized spacial score (nSPS) is 11.1. The lowest BCUT2D eigenvalue weighted by Gasteiger charge is -2.13. The highest BCUT2D eigenvalue weighted by molar-refractivity contribution is 6.07. The summed E-state index contributed by atoms with van der Waals surface area (Å²) in [5.74, 6) is 1.68. The standard InChI is InChI=1S/C25H24N2O3/c1-16(2)18-8-11-23-21(13-18)22(25(28)26-15-20-5-4-12-30-20)14-24(27-23)17-6-9-19(29-3)10-7-17/h4-14,16H,15H2,1-3H3,(H,26,28). The maximum atomic E-state index is 13.1. The van der Waals surface area contributed by atoms with Crippen molar-refractivity contribution in [2.24, 2.45) is 0 Å². The molecule has 0 unspecified atom stereocenters. The number of hydrogen-bond acceptors (Lipinski definition) is 4. The Hall–Kier alpha value is -3.60. The van der Waals surface area contributed by atoms with E-state index >= 15 is 0 Å². The summed E-state index contributed by atoms with van der Waals surface area (Å²) in [6, 6.07) is 19.3. The molecule has 4 rings (SSSR count). The Morgan fingerprint density at radius 3 is 2.57 bits per heavy atom. The molecule has 152 valence electrons. The molecule has 5 heteroatoms. The van der Waals surface area contributed by atoms with Crippen LogP contribution in [0.25, 0.3) is 22.2 Å². The zero-order valence-electron chi connectivity index (χ0n) is 17.3. The van der Waals surface area contributed by atoms with E-state index in [1.54, 1.807) is 19.4 Å². The number of carbonyl (C=O) groups is 1. The Balaban J connectivity index is 1.78. The van der Waals surface area contributed by atoms with Crippen molar-refractivity contribution in [1.82, 2.24) is 10.3 Å². The van der Waals surface area contributed by atoms with Gasteiger partial charge in [-0.2, -0.15) is 0 Å². The summed E-state index contributed by atoms with van der Waals surface area (Å²) >= 11 is 0. The number of nitrogens with one attached hydrogen (secondary N) is 1. The summed E-state index contributed by atoms with van der Waals surface area (Å²) < 4.78 is 10.6. The monoisotopic (exact) mass is 400 g/mol. The van der Waals surface area contributed by atoms with Gasteiger partial charge in [0, 0.05) is 10.9 Å². The number of methoxy groups -OCH3 is 1. The molecule has 0 aliphatic rings. The first-order valence-corrected chi connectivity index (χ1v) is 9.95. The molecule has 30 heavy (non-hydrogen) atoms. The van der Waals surface area contributed by atoms with Crippen molar-refractivity contribution in [2.75, 3.05) is 7.11 Å². The molecule has 1 N–H and O–H groups in total. The predicted octanol–water partition coefficient (Wildman–Crippen LogP) is 5.56. The molecular weight excluding hydrogens is 376 g/mol. The largest absolute Gasteiger partial charge is 0.497 e. The van der Waals surface area contributed by atoms with Crippen molar-refractivity contribution >= 4 is 16.8 Å². The Morgan fingerprint density at radius 1 is 1.10 bits per heavy atom. The van der Waals surface area contributed by atoms with Crippen LogP contribution in [0, 0.1) is 0 Å². The topological polar surface area (TPSA) is 64.4 Å². The van der Waals surface area contributed by atoms with E-state index in [0.717, 1.165) is 27.9 Å². The van der Waals surface area contributed by atoms with Gasteiger partial charge in [0.25, 0.3) is 5.91 Å². The number of amides is 1. The predicted molar refractivity (Wildman–Crippen MR) is 118 cm³/mol. The van der Waals surface area contributed by atoms with Crippen LogP contribution in [0.4, 0.5) is 0 Å². The van der Waals surface area contributed by atoms with Crippen molar-refractivity contribution in [1.29, 1.82) is 0 Å². The Labute approximate surface area is 175 Å². The fourth-order valence-electron chi connectivity index (χ4n) is 3.38. The first-order valence-electron chi connectivity index (χ1n) is 9.95. The molecule has 5 nitrogen and oxygen atoms in total. The molecule has 1 amide bonds. The summed E-state index contributed by atoms with van der Waals surface area (Å²) in [4.78, 5) is 17.9. The first-order chi connectivity index (χ1) is 14.5. The maximum Gasteiger partial charge on any atom is 0.252 e. The summed E-state index contributed by atoms with van der Waals surface area (Å²) in [5, 5.41) is 3.80. The van der Waals surface area contributed by atoms with E-state index in [9.17, 15) is 4.79 Å². The van der Waals surface area contributed by atoms with Gasteiger partial charge in [-0.1, -0.05) is 19.9 Å². The molecule has 0 spiro atoms. The van der Waals surface area contributed by atoms with E-state index in [-0.39, 0.29) is 5.91 Å². The van der Waals surface area contributed by atoms with E-state index in [0.29, 0.717) is 23.8 Å². The van der Waals surface area contributed by atoms with Crippen molar-refractivity contribution in [2.45, 2.75) is 26.3 Å². The van der Waals surface area contributed by atoms with Gasteiger partial charge in [-0.25, -0.2) is 4.98 Å². The fraction of sp³-hybridized carbons (Fsp3) is 0.200. The average Bonchev–Trinajstić information content (AvgIpc) is 3.30. The SMILES string of the molecule is COc1ccc(-c2cc(C(=O)NCc3ccco3)c3cc(C(C)C)ccc3n2)cc1. The van der Waals surface area contributed by atoms with E-state index in [4.69, 9.17) is 14.1 Å². The van der Waals surface area contributed by atoms with E-state index < -0.39 is 0 Å². The van der Waals surface area contributed by atoms with Gasteiger partial charge in [-0.3, -0.25) is 4.79 Å². The van der Waals surface area contributed by atoms with Crippen molar-refractivity contribution < 1.29 is 13.9 Å². The third-order valence-electron chi connectivity index (χ3n) is 5.13. The number of aromatic nitrogens is 1. The third-order valence-corrected chi connectivity index (χ3v) is 5.13. The fourth-order valence-corrected chi connectivity index (χ4v) is 3.38. The molecule has 0 radical (unpaired) electrons. The van der Waals surface area contributed by atoms with Gasteiger partial charge in [-0.05, 0) is 66.1 Å². The van der Waals surface area contributed by atoms with Crippen LogP contribution in [-0.4, -0.2) is 18.0 Å². The highest BCUT2D eigenvalue weighted by Gasteiger charge is 2.16. The molecule has 0 aliphatic carbocycles. The first kappa shape index (κ1) is 19.7. The Bertz CT molecular complexity index is 1160. The lowest BCUT2D eigenvalue weighted by Crippen LogP contribution is -2.23. The van der Waals surface area contributed by atoms with Gasteiger partial charge in [0.1, 0.15) is 11.5 Å². The van der Waals surface area contributed by atoms with Crippen LogP contribution in [0.15, 0.2) is 71.3 Å². The number of rotatable bonds is 6. The number of fused-ring (bicyclic) bond motifs is 1. The number of furan rings is 1. The summed E-state index contributed by atoms with van der Waals surface area (Å²) in [6.45, 7) is 4.60. The molecule has 2 aromatic heterocycles. The molecule has 0 bridgehead atoms. The van der Waals surface area contributed by atoms with Gasteiger partial charge in [0.05, 0.1) is 36.7 Å². The number of carbonyl (C=O) groups excluding carboxylic acids is 1. The van der Waals surface area contributed by atoms with Gasteiger partial charge in [0.2, 0.25) is 0 Å². The highest BCUT2D eigenvalue weighted by Crippen LogP contribution is 2.28. The third kappa shape index (κ3) is 4.06. The molecular formula is C25H24N2O3. The molecule has 0 atom stereocenters. The number of benzene rings is 2. The van der Waals surface area contributed by atoms with Crippen LogP contribution in [0.3, 0.4) is 0 Å². The lowest BCUT2D eigenvalue weighted by molar-refractivity contribution is 0.0949. The van der Waals surface area contributed by atoms with Crippen LogP contribution >= 0.6 is 0 Å². The molecule has 0 fully saturated rings. The number of pyridine rings is 1. The second kappa shape index (κ2) is 8.41.